The number of carbonyl (C=O) groups is 2. The molecule has 0 radical (unpaired) electrons. The number of hydrogen-bond acceptors (Lipinski definition) is 3. The highest BCUT2D eigenvalue weighted by Crippen LogP contribution is 2.14. The van der Waals surface area contributed by atoms with Crippen molar-refractivity contribution in [3.05, 3.63) is 0 Å². The van der Waals surface area contributed by atoms with Gasteiger partial charge in [-0.3, -0.25) is 4.79 Å². The second-order valence-corrected chi connectivity index (χ2v) is 2.63. The molecule has 0 aliphatic heterocycles. The number of nitrogens with one attached hydrogen (secondary N) is 1. The molecule has 5 nitrogen and oxygen atoms in total. The average molecular weight is 229 g/mol. The first kappa shape index (κ1) is 13.7. The van der Waals surface area contributed by atoms with Crippen LogP contribution in [0.2, 0.25) is 0 Å². The van der Waals surface area contributed by atoms with Crippen LogP contribution in [0.5, 0.6) is 0 Å². The third-order valence-corrected chi connectivity index (χ3v) is 1.38. The number of alkyl halides is 3. The van der Waals surface area contributed by atoms with Crippen molar-refractivity contribution in [2.75, 3.05) is 13.2 Å². The van der Waals surface area contributed by atoms with Crippen molar-refractivity contribution in [2.45, 2.75) is 18.6 Å². The Morgan fingerprint density at radius 2 is 2.13 bits per heavy atom. The van der Waals surface area contributed by atoms with E-state index in [9.17, 15) is 22.8 Å². The summed E-state index contributed by atoms with van der Waals surface area (Å²) in [6.07, 6.45) is -4.48. The largest absolute Gasteiger partial charge is 0.480 e. The Morgan fingerprint density at radius 3 is 2.53 bits per heavy atom. The number of carbonyl (C=O) groups excluding carboxylic acids is 1. The van der Waals surface area contributed by atoms with Crippen LogP contribution in [-0.4, -0.2) is 42.9 Å². The van der Waals surface area contributed by atoms with Gasteiger partial charge in [-0.05, 0) is 0 Å². The minimum atomic E-state index is -4.43. The summed E-state index contributed by atoms with van der Waals surface area (Å²) >= 11 is 0. The van der Waals surface area contributed by atoms with E-state index in [0.717, 1.165) is 0 Å². The monoisotopic (exact) mass is 229 g/mol. The average Bonchev–Trinajstić information content (AvgIpc) is 2.08. The van der Waals surface area contributed by atoms with Crippen LogP contribution in [0, 0.1) is 0 Å². The molecule has 0 spiro atoms. The zero-order chi connectivity index (χ0) is 11.9. The first-order valence-corrected chi connectivity index (χ1v) is 3.94. The van der Waals surface area contributed by atoms with Crippen LogP contribution in [0.25, 0.3) is 0 Å². The number of hydrogen-bond donors (Lipinski definition) is 2. The van der Waals surface area contributed by atoms with Crippen LogP contribution >= 0.6 is 0 Å². The first-order valence-electron chi connectivity index (χ1n) is 3.94. The van der Waals surface area contributed by atoms with E-state index in [1.54, 1.807) is 0 Å². The molecule has 0 fully saturated rings. The molecule has 0 aromatic carbocycles. The standard InChI is InChI=1S/C7H10F3NO4/c8-7(9,10)3-15-2-1-5(6(13)14)11-4-12/h4-5H,1-3H2,(H,11,12)(H,13,14). The highest BCUT2D eigenvalue weighted by atomic mass is 19.4. The minimum Gasteiger partial charge on any atom is -0.480 e. The van der Waals surface area contributed by atoms with Crippen molar-refractivity contribution in [3.63, 3.8) is 0 Å². The van der Waals surface area contributed by atoms with E-state index in [4.69, 9.17) is 5.11 Å². The normalized spacial score (nSPS) is 13.3. The number of aliphatic carboxylic acids is 1. The van der Waals surface area contributed by atoms with Crippen molar-refractivity contribution in [1.82, 2.24) is 5.32 Å². The maximum atomic E-state index is 11.6. The lowest BCUT2D eigenvalue weighted by Gasteiger charge is -2.11. The Morgan fingerprint density at radius 1 is 1.53 bits per heavy atom. The molecule has 0 saturated heterocycles. The fourth-order valence-corrected chi connectivity index (χ4v) is 0.749. The molecule has 0 aromatic rings. The predicted molar refractivity (Wildman–Crippen MR) is 42.1 cm³/mol. The van der Waals surface area contributed by atoms with Crippen LogP contribution in [0.4, 0.5) is 13.2 Å². The van der Waals surface area contributed by atoms with Gasteiger partial charge in [0.2, 0.25) is 6.41 Å². The Balaban J connectivity index is 3.72. The summed E-state index contributed by atoms with van der Waals surface area (Å²) in [5, 5.41) is 10.4. The molecule has 0 rings (SSSR count). The van der Waals surface area contributed by atoms with Gasteiger partial charge in [0.15, 0.2) is 0 Å². The number of rotatable bonds is 7. The molecule has 0 aliphatic carbocycles. The Labute approximate surface area is 83.2 Å². The topological polar surface area (TPSA) is 75.6 Å². The highest BCUT2D eigenvalue weighted by Gasteiger charge is 2.27. The maximum absolute atomic E-state index is 11.6. The van der Waals surface area contributed by atoms with Gasteiger partial charge >= 0.3 is 12.1 Å². The smallest absolute Gasteiger partial charge is 0.411 e. The van der Waals surface area contributed by atoms with Gasteiger partial charge in [0.05, 0.1) is 0 Å². The molecule has 0 aliphatic rings. The van der Waals surface area contributed by atoms with Crippen molar-refractivity contribution in [1.29, 1.82) is 0 Å². The second kappa shape index (κ2) is 6.23. The van der Waals surface area contributed by atoms with Gasteiger partial charge in [-0.15, -0.1) is 0 Å². The molecule has 0 aromatic heterocycles. The summed E-state index contributed by atoms with van der Waals surface area (Å²) in [7, 11) is 0. The van der Waals surface area contributed by atoms with Crippen molar-refractivity contribution in [3.8, 4) is 0 Å². The van der Waals surface area contributed by atoms with Gasteiger partial charge in [0.1, 0.15) is 12.6 Å². The van der Waals surface area contributed by atoms with Gasteiger partial charge in [-0.25, -0.2) is 4.79 Å². The van der Waals surface area contributed by atoms with E-state index in [-0.39, 0.29) is 12.8 Å². The maximum Gasteiger partial charge on any atom is 0.411 e. The molecule has 1 unspecified atom stereocenters. The lowest BCUT2D eigenvalue weighted by atomic mass is 10.2. The van der Waals surface area contributed by atoms with Gasteiger partial charge in [-0.2, -0.15) is 13.2 Å². The van der Waals surface area contributed by atoms with Gasteiger partial charge < -0.3 is 15.2 Å². The molecule has 15 heavy (non-hydrogen) atoms. The van der Waals surface area contributed by atoms with Crippen molar-refractivity contribution < 1.29 is 32.6 Å². The number of halogens is 3. The van der Waals surface area contributed by atoms with E-state index < -0.39 is 31.4 Å². The Hall–Kier alpha value is -1.31. The predicted octanol–water partition coefficient (Wildman–Crippen LogP) is 0.155. The summed E-state index contributed by atoms with van der Waals surface area (Å²) in [5.41, 5.74) is 0. The first-order chi connectivity index (χ1) is 6.87. The summed E-state index contributed by atoms with van der Waals surface area (Å²) in [6.45, 7) is -1.82. The molecule has 0 saturated carbocycles. The number of ether oxygens (including phenoxy) is 1. The lowest BCUT2D eigenvalue weighted by molar-refractivity contribution is -0.174. The molecule has 1 atom stereocenters. The third-order valence-electron chi connectivity index (χ3n) is 1.38. The van der Waals surface area contributed by atoms with E-state index >= 15 is 0 Å². The van der Waals surface area contributed by atoms with E-state index in [1.807, 2.05) is 5.32 Å². The lowest BCUT2D eigenvalue weighted by Crippen LogP contribution is -2.37. The molecule has 8 heteroatoms. The molecule has 0 bridgehead atoms. The van der Waals surface area contributed by atoms with Gasteiger partial charge in [0, 0.05) is 13.0 Å². The van der Waals surface area contributed by atoms with Crippen LogP contribution in [-0.2, 0) is 14.3 Å². The van der Waals surface area contributed by atoms with Crippen LogP contribution in [0.1, 0.15) is 6.42 Å². The number of amides is 1. The zero-order valence-corrected chi connectivity index (χ0v) is 7.58. The molecular weight excluding hydrogens is 219 g/mol. The number of carboxylic acid groups (broad SMARTS) is 1. The highest BCUT2D eigenvalue weighted by molar-refractivity contribution is 5.76. The molecular formula is C7H10F3NO4. The molecule has 88 valence electrons. The van der Waals surface area contributed by atoms with Crippen molar-refractivity contribution >= 4 is 12.4 Å². The van der Waals surface area contributed by atoms with E-state index in [0.29, 0.717) is 0 Å². The quantitative estimate of drug-likeness (QED) is 0.481. The summed E-state index contributed by atoms with van der Waals surface area (Å²) in [6, 6.07) is -1.23. The molecule has 2 N–H and O–H groups in total. The minimum absolute atomic E-state index is 0.169. The van der Waals surface area contributed by atoms with E-state index in [1.165, 1.54) is 0 Å². The fourth-order valence-electron chi connectivity index (χ4n) is 0.749. The van der Waals surface area contributed by atoms with Crippen LogP contribution in [0.3, 0.4) is 0 Å². The number of carboxylic acids is 1. The summed E-state index contributed by atoms with van der Waals surface area (Å²) in [4.78, 5) is 20.3. The van der Waals surface area contributed by atoms with Gasteiger partial charge in [-0.1, -0.05) is 0 Å². The third kappa shape index (κ3) is 7.74. The molecule has 1 amide bonds. The Bertz CT molecular complexity index is 219. The summed E-state index contributed by atoms with van der Waals surface area (Å²) in [5.74, 6) is -1.32. The second-order valence-electron chi connectivity index (χ2n) is 2.63. The van der Waals surface area contributed by atoms with Gasteiger partial charge in [0.25, 0.3) is 0 Å². The van der Waals surface area contributed by atoms with Crippen LogP contribution in [0.15, 0.2) is 0 Å². The van der Waals surface area contributed by atoms with Crippen molar-refractivity contribution in [2.24, 2.45) is 0 Å². The fraction of sp³-hybridized carbons (Fsp3) is 0.714. The molecule has 0 heterocycles. The van der Waals surface area contributed by atoms with Crippen LogP contribution < -0.4 is 5.32 Å². The SMILES string of the molecule is O=CNC(CCOCC(F)(F)F)C(=O)O. The van der Waals surface area contributed by atoms with E-state index in [2.05, 4.69) is 4.74 Å². The zero-order valence-electron chi connectivity index (χ0n) is 7.58. The Kier molecular flexibility index (Phi) is 5.68. The summed E-state index contributed by atoms with van der Waals surface area (Å²) < 4.78 is 38.9.